The number of hydrogen-bond acceptors (Lipinski definition) is 4. The van der Waals surface area contributed by atoms with E-state index < -0.39 is 11.2 Å². The summed E-state index contributed by atoms with van der Waals surface area (Å²) in [6, 6.07) is 8.22. The fourth-order valence-corrected chi connectivity index (χ4v) is 3.34. The summed E-state index contributed by atoms with van der Waals surface area (Å²) in [4.78, 5) is 31.3. The number of hydrogen-bond donors (Lipinski definition) is 1. The summed E-state index contributed by atoms with van der Waals surface area (Å²) < 4.78 is 10.4. The normalized spacial score (nSPS) is 11.7. The van der Waals surface area contributed by atoms with Crippen LogP contribution in [0.25, 0.3) is 28.2 Å². The Kier molecular flexibility index (Phi) is 4.19. The minimum absolute atomic E-state index is 0.367. The first-order chi connectivity index (χ1) is 13.0. The molecule has 0 aliphatic heterocycles. The van der Waals surface area contributed by atoms with Gasteiger partial charge in [-0.2, -0.15) is 4.98 Å². The SMILES string of the molecule is COCCCn1c(-c2ccc(C)cc2)cn2c3c(=O)[nH]c(=O)n(C)c3nc12. The van der Waals surface area contributed by atoms with Crippen LogP contribution >= 0.6 is 0 Å². The molecule has 1 N–H and O–H groups in total. The number of aromatic amines is 1. The van der Waals surface area contributed by atoms with Crippen molar-refractivity contribution in [2.24, 2.45) is 7.05 Å². The molecule has 140 valence electrons. The molecule has 4 rings (SSSR count). The standard InChI is InChI=1S/C19H21N5O3/c1-12-5-7-13(8-6-12)14-11-24-15-16(22(2)19(26)21-17(15)25)20-18(24)23(14)9-4-10-27-3/h5-8,11H,4,9-10H2,1-3H3,(H,21,25,26). The lowest BCUT2D eigenvalue weighted by atomic mass is 10.1. The summed E-state index contributed by atoms with van der Waals surface area (Å²) in [6.07, 6.45) is 2.71. The van der Waals surface area contributed by atoms with Crippen LogP contribution in [0, 0.1) is 6.92 Å². The zero-order valence-electron chi connectivity index (χ0n) is 15.5. The summed E-state index contributed by atoms with van der Waals surface area (Å²) in [5, 5.41) is 0. The van der Waals surface area contributed by atoms with E-state index in [-0.39, 0.29) is 0 Å². The van der Waals surface area contributed by atoms with Crippen molar-refractivity contribution in [2.45, 2.75) is 19.9 Å². The molecule has 0 aliphatic rings. The fourth-order valence-electron chi connectivity index (χ4n) is 3.34. The molecule has 3 heterocycles. The maximum atomic E-state index is 12.4. The van der Waals surface area contributed by atoms with Crippen molar-refractivity contribution in [3.63, 3.8) is 0 Å². The summed E-state index contributed by atoms with van der Waals surface area (Å²) >= 11 is 0. The van der Waals surface area contributed by atoms with Crippen LogP contribution in [-0.2, 0) is 18.3 Å². The zero-order chi connectivity index (χ0) is 19.1. The zero-order valence-corrected chi connectivity index (χ0v) is 15.5. The lowest BCUT2D eigenvalue weighted by Crippen LogP contribution is -2.28. The quantitative estimate of drug-likeness (QED) is 0.544. The van der Waals surface area contributed by atoms with Crippen LogP contribution in [0.5, 0.6) is 0 Å². The predicted molar refractivity (Wildman–Crippen MR) is 103 cm³/mol. The van der Waals surface area contributed by atoms with E-state index in [1.54, 1.807) is 18.6 Å². The monoisotopic (exact) mass is 367 g/mol. The summed E-state index contributed by atoms with van der Waals surface area (Å²) in [7, 11) is 3.27. The van der Waals surface area contributed by atoms with Crippen LogP contribution < -0.4 is 11.2 Å². The van der Waals surface area contributed by atoms with Gasteiger partial charge >= 0.3 is 5.69 Å². The van der Waals surface area contributed by atoms with E-state index in [2.05, 4.69) is 38.8 Å². The molecule has 0 saturated heterocycles. The number of aryl methyl sites for hydroxylation is 3. The van der Waals surface area contributed by atoms with Gasteiger partial charge in [0.1, 0.15) is 0 Å². The number of rotatable bonds is 5. The van der Waals surface area contributed by atoms with Gasteiger partial charge < -0.3 is 9.30 Å². The molecule has 27 heavy (non-hydrogen) atoms. The van der Waals surface area contributed by atoms with Gasteiger partial charge in [-0.15, -0.1) is 0 Å². The van der Waals surface area contributed by atoms with E-state index in [0.717, 1.165) is 17.7 Å². The largest absolute Gasteiger partial charge is 0.385 e. The minimum Gasteiger partial charge on any atom is -0.385 e. The third-order valence-electron chi connectivity index (χ3n) is 4.79. The number of methoxy groups -OCH3 is 1. The maximum Gasteiger partial charge on any atom is 0.329 e. The molecule has 0 unspecified atom stereocenters. The van der Waals surface area contributed by atoms with Crippen LogP contribution in [0.4, 0.5) is 0 Å². The Bertz CT molecular complexity index is 1240. The highest BCUT2D eigenvalue weighted by Gasteiger charge is 2.19. The summed E-state index contributed by atoms with van der Waals surface area (Å²) in [5.74, 6) is 0.628. The molecule has 8 nitrogen and oxygen atoms in total. The molecule has 0 atom stereocenters. The highest BCUT2D eigenvalue weighted by molar-refractivity contribution is 5.78. The second-order valence-electron chi connectivity index (χ2n) is 6.65. The van der Waals surface area contributed by atoms with E-state index in [1.165, 1.54) is 10.1 Å². The van der Waals surface area contributed by atoms with Crippen molar-refractivity contribution in [2.75, 3.05) is 13.7 Å². The fraction of sp³-hybridized carbons (Fsp3) is 0.316. The van der Waals surface area contributed by atoms with E-state index in [4.69, 9.17) is 4.74 Å². The van der Waals surface area contributed by atoms with Gasteiger partial charge in [0.05, 0.1) is 5.69 Å². The number of aromatic nitrogens is 5. The molecular formula is C19H21N5O3. The molecule has 0 aliphatic carbocycles. The second kappa shape index (κ2) is 6.55. The molecule has 0 saturated carbocycles. The molecule has 0 fully saturated rings. The van der Waals surface area contributed by atoms with Crippen molar-refractivity contribution < 1.29 is 4.74 Å². The third-order valence-corrected chi connectivity index (χ3v) is 4.79. The smallest absolute Gasteiger partial charge is 0.329 e. The van der Waals surface area contributed by atoms with Crippen molar-refractivity contribution in [1.29, 1.82) is 0 Å². The molecular weight excluding hydrogens is 346 g/mol. The van der Waals surface area contributed by atoms with Gasteiger partial charge in [-0.3, -0.25) is 18.7 Å². The lowest BCUT2D eigenvalue weighted by molar-refractivity contribution is 0.191. The topological polar surface area (TPSA) is 86.3 Å². The Balaban J connectivity index is 2.01. The van der Waals surface area contributed by atoms with Gasteiger partial charge in [-0.25, -0.2) is 4.79 Å². The number of fused-ring (bicyclic) bond motifs is 3. The van der Waals surface area contributed by atoms with Gasteiger partial charge in [0.15, 0.2) is 11.2 Å². The maximum absolute atomic E-state index is 12.4. The Morgan fingerprint density at radius 3 is 2.63 bits per heavy atom. The van der Waals surface area contributed by atoms with Gasteiger partial charge in [-0.05, 0) is 18.9 Å². The van der Waals surface area contributed by atoms with Crippen molar-refractivity contribution in [1.82, 2.24) is 23.5 Å². The first-order valence-electron chi connectivity index (χ1n) is 8.78. The summed E-state index contributed by atoms with van der Waals surface area (Å²) in [5.41, 5.74) is 3.00. The van der Waals surface area contributed by atoms with Gasteiger partial charge in [-0.1, -0.05) is 29.8 Å². The van der Waals surface area contributed by atoms with Crippen LogP contribution in [-0.4, -0.2) is 37.2 Å². The molecule has 0 spiro atoms. The molecule has 3 aromatic heterocycles. The molecule has 0 bridgehead atoms. The van der Waals surface area contributed by atoms with Crippen LogP contribution in [0.15, 0.2) is 40.1 Å². The average molecular weight is 367 g/mol. The summed E-state index contributed by atoms with van der Waals surface area (Å²) in [6.45, 7) is 3.35. The van der Waals surface area contributed by atoms with Crippen LogP contribution in [0.3, 0.4) is 0 Å². The van der Waals surface area contributed by atoms with Crippen molar-refractivity contribution in [3.05, 3.63) is 56.9 Å². The number of nitrogens with one attached hydrogen (secondary N) is 1. The number of H-pyrrole nitrogens is 1. The predicted octanol–water partition coefficient (Wildman–Crippen LogP) is 1.69. The lowest BCUT2D eigenvalue weighted by Gasteiger charge is -2.09. The molecule has 1 aromatic carbocycles. The van der Waals surface area contributed by atoms with Gasteiger partial charge in [0, 0.05) is 33.5 Å². The Morgan fingerprint density at radius 1 is 1.19 bits per heavy atom. The second-order valence-corrected chi connectivity index (χ2v) is 6.65. The molecule has 8 heteroatoms. The molecule has 0 amide bonds. The van der Waals surface area contributed by atoms with E-state index in [9.17, 15) is 9.59 Å². The van der Waals surface area contributed by atoms with Gasteiger partial charge in [0.25, 0.3) is 5.56 Å². The van der Waals surface area contributed by atoms with E-state index in [1.807, 2.05) is 13.1 Å². The highest BCUT2D eigenvalue weighted by Crippen LogP contribution is 2.26. The van der Waals surface area contributed by atoms with Crippen LogP contribution in [0.1, 0.15) is 12.0 Å². The Hall–Kier alpha value is -3.13. The number of imidazole rings is 2. The first-order valence-corrected chi connectivity index (χ1v) is 8.78. The molecule has 0 radical (unpaired) electrons. The molecule has 4 aromatic rings. The van der Waals surface area contributed by atoms with E-state index in [0.29, 0.717) is 30.1 Å². The van der Waals surface area contributed by atoms with Crippen LogP contribution in [0.2, 0.25) is 0 Å². The van der Waals surface area contributed by atoms with E-state index >= 15 is 0 Å². The number of nitrogens with zero attached hydrogens (tertiary/aromatic N) is 4. The average Bonchev–Trinajstić information content (AvgIpc) is 3.18. The Morgan fingerprint density at radius 2 is 1.93 bits per heavy atom. The van der Waals surface area contributed by atoms with Gasteiger partial charge in [0.2, 0.25) is 5.78 Å². The van der Waals surface area contributed by atoms with Crippen molar-refractivity contribution >= 4 is 16.9 Å². The third kappa shape index (κ3) is 2.78. The minimum atomic E-state index is -0.474. The number of ether oxygens (including phenoxy) is 1. The van der Waals surface area contributed by atoms with Crippen molar-refractivity contribution in [3.8, 4) is 11.3 Å². The highest BCUT2D eigenvalue weighted by atomic mass is 16.5. The Labute approximate surface area is 154 Å². The number of benzene rings is 1. The first kappa shape index (κ1) is 17.3.